The molecule has 16 heavy (non-hydrogen) atoms. The Morgan fingerprint density at radius 2 is 2.12 bits per heavy atom. The summed E-state index contributed by atoms with van der Waals surface area (Å²) in [5.41, 5.74) is 0. The number of hydrogen-bond donors (Lipinski definition) is 1. The largest absolute Gasteiger partial charge is 0.258 e. The first-order chi connectivity index (χ1) is 7.84. The molecule has 0 aliphatic rings. The summed E-state index contributed by atoms with van der Waals surface area (Å²) in [7, 11) is 0. The fraction of sp³-hybridized carbons (Fsp3) is 0. The Labute approximate surface area is 108 Å². The van der Waals surface area contributed by atoms with Crippen molar-refractivity contribution in [3.05, 3.63) is 33.4 Å². The molecule has 3 aromatic heterocycles. The summed E-state index contributed by atoms with van der Waals surface area (Å²) in [4.78, 5) is 6.64. The smallest absolute Gasteiger partial charge is 0.191 e. The maximum atomic E-state index is 4.48. The topological polar surface area (TPSA) is 41.6 Å². The third kappa shape index (κ3) is 1.73. The second kappa shape index (κ2) is 4.12. The van der Waals surface area contributed by atoms with Crippen LogP contribution in [0.15, 0.2) is 33.4 Å². The third-order valence-electron chi connectivity index (χ3n) is 2.06. The minimum atomic E-state index is 0.755. The van der Waals surface area contributed by atoms with Crippen molar-refractivity contribution in [1.82, 2.24) is 15.2 Å². The van der Waals surface area contributed by atoms with Gasteiger partial charge in [0.25, 0.3) is 0 Å². The van der Waals surface area contributed by atoms with E-state index in [-0.39, 0.29) is 0 Å². The molecule has 0 atom stereocenters. The maximum Gasteiger partial charge on any atom is 0.191 e. The molecule has 0 aromatic carbocycles. The van der Waals surface area contributed by atoms with Gasteiger partial charge in [0.1, 0.15) is 0 Å². The normalized spacial score (nSPS) is 10.8. The van der Waals surface area contributed by atoms with Crippen molar-refractivity contribution in [1.29, 1.82) is 0 Å². The lowest BCUT2D eigenvalue weighted by Crippen LogP contribution is -1.76. The molecule has 0 amide bonds. The van der Waals surface area contributed by atoms with Gasteiger partial charge in [0, 0.05) is 4.47 Å². The standard InChI is InChI=1S/C10H6BrN3S2/c11-6-3-5-16-8(6)10-12-9(13-14-10)7-2-1-4-15-7/h1-5H,(H,12,13,14). The zero-order chi connectivity index (χ0) is 11.0. The summed E-state index contributed by atoms with van der Waals surface area (Å²) in [5, 5.41) is 11.2. The highest BCUT2D eigenvalue weighted by molar-refractivity contribution is 9.10. The molecule has 0 unspecified atom stereocenters. The molecular weight excluding hydrogens is 306 g/mol. The highest BCUT2D eigenvalue weighted by atomic mass is 79.9. The molecule has 6 heteroatoms. The molecular formula is C10H6BrN3S2. The van der Waals surface area contributed by atoms with Crippen molar-refractivity contribution in [2.45, 2.75) is 0 Å². The Kier molecular flexibility index (Phi) is 2.62. The van der Waals surface area contributed by atoms with Crippen LogP contribution in [0.25, 0.3) is 21.4 Å². The molecule has 3 aromatic rings. The first kappa shape index (κ1) is 10.2. The summed E-state index contributed by atoms with van der Waals surface area (Å²) in [6.45, 7) is 0. The lowest BCUT2D eigenvalue weighted by molar-refractivity contribution is 1.10. The van der Waals surface area contributed by atoms with E-state index in [4.69, 9.17) is 0 Å². The number of aromatic amines is 1. The van der Waals surface area contributed by atoms with Gasteiger partial charge in [-0.25, -0.2) is 4.98 Å². The van der Waals surface area contributed by atoms with Crippen LogP contribution in [-0.2, 0) is 0 Å². The van der Waals surface area contributed by atoms with Crippen LogP contribution >= 0.6 is 38.6 Å². The number of thiophene rings is 2. The van der Waals surface area contributed by atoms with Crippen molar-refractivity contribution in [3.8, 4) is 21.4 Å². The number of nitrogens with one attached hydrogen (secondary N) is 1. The number of rotatable bonds is 2. The van der Waals surface area contributed by atoms with Gasteiger partial charge < -0.3 is 0 Å². The molecule has 0 bridgehead atoms. The quantitative estimate of drug-likeness (QED) is 0.776. The molecule has 3 nitrogen and oxygen atoms in total. The van der Waals surface area contributed by atoms with Crippen LogP contribution in [0.1, 0.15) is 0 Å². The van der Waals surface area contributed by atoms with E-state index in [0.29, 0.717) is 0 Å². The number of hydrogen-bond acceptors (Lipinski definition) is 4. The number of H-pyrrole nitrogens is 1. The second-order valence-corrected chi connectivity index (χ2v) is 5.80. The highest BCUT2D eigenvalue weighted by Crippen LogP contribution is 2.32. The van der Waals surface area contributed by atoms with Crippen molar-refractivity contribution >= 4 is 38.6 Å². The SMILES string of the molecule is Brc1ccsc1-c1nc(-c2cccs2)n[nH]1. The second-order valence-electron chi connectivity index (χ2n) is 3.08. The first-order valence-corrected chi connectivity index (χ1v) is 7.09. The van der Waals surface area contributed by atoms with Crippen LogP contribution < -0.4 is 0 Å². The van der Waals surface area contributed by atoms with E-state index in [1.807, 2.05) is 29.0 Å². The maximum absolute atomic E-state index is 4.48. The number of nitrogens with zero attached hydrogens (tertiary/aromatic N) is 2. The number of aromatic nitrogens is 3. The van der Waals surface area contributed by atoms with E-state index in [0.717, 1.165) is 25.9 Å². The van der Waals surface area contributed by atoms with Crippen LogP contribution in [0.2, 0.25) is 0 Å². The summed E-state index contributed by atoms with van der Waals surface area (Å²) in [6, 6.07) is 6.02. The molecule has 0 saturated carbocycles. The zero-order valence-electron chi connectivity index (χ0n) is 7.98. The predicted molar refractivity (Wildman–Crippen MR) is 70.7 cm³/mol. The number of halogens is 1. The monoisotopic (exact) mass is 311 g/mol. The van der Waals surface area contributed by atoms with Crippen molar-refractivity contribution < 1.29 is 0 Å². The van der Waals surface area contributed by atoms with Crippen LogP contribution in [-0.4, -0.2) is 15.2 Å². The van der Waals surface area contributed by atoms with Gasteiger partial charge in [0.05, 0.1) is 9.75 Å². The van der Waals surface area contributed by atoms with Crippen molar-refractivity contribution in [2.75, 3.05) is 0 Å². The molecule has 0 aliphatic heterocycles. The molecule has 1 N–H and O–H groups in total. The van der Waals surface area contributed by atoms with Gasteiger partial charge in [-0.1, -0.05) is 6.07 Å². The Balaban J connectivity index is 2.03. The van der Waals surface area contributed by atoms with E-state index >= 15 is 0 Å². The van der Waals surface area contributed by atoms with Gasteiger partial charge in [0.2, 0.25) is 0 Å². The Morgan fingerprint density at radius 3 is 2.81 bits per heavy atom. The lowest BCUT2D eigenvalue weighted by atomic mass is 10.4. The molecule has 0 saturated heterocycles. The summed E-state index contributed by atoms with van der Waals surface area (Å²) < 4.78 is 1.05. The molecule has 0 radical (unpaired) electrons. The minimum absolute atomic E-state index is 0.755. The van der Waals surface area contributed by atoms with Gasteiger partial charge in [0.15, 0.2) is 11.6 Å². The predicted octanol–water partition coefficient (Wildman–Crippen LogP) is 4.02. The van der Waals surface area contributed by atoms with Gasteiger partial charge in [-0.2, -0.15) is 5.10 Å². The van der Waals surface area contributed by atoms with E-state index in [9.17, 15) is 0 Å². The molecule has 0 fully saturated rings. The van der Waals surface area contributed by atoms with Gasteiger partial charge in [-0.05, 0) is 38.8 Å². The average molecular weight is 312 g/mol. The van der Waals surface area contributed by atoms with E-state index in [2.05, 4.69) is 31.1 Å². The van der Waals surface area contributed by atoms with Crippen LogP contribution in [0.3, 0.4) is 0 Å². The van der Waals surface area contributed by atoms with Crippen molar-refractivity contribution in [3.63, 3.8) is 0 Å². The molecule has 3 rings (SSSR count). The third-order valence-corrected chi connectivity index (χ3v) is 4.77. The highest BCUT2D eigenvalue weighted by Gasteiger charge is 2.11. The Bertz CT molecular complexity index is 597. The average Bonchev–Trinajstić information content (AvgIpc) is 2.96. The van der Waals surface area contributed by atoms with Gasteiger partial charge >= 0.3 is 0 Å². The molecule has 3 heterocycles. The van der Waals surface area contributed by atoms with Crippen molar-refractivity contribution in [2.24, 2.45) is 0 Å². The molecule has 0 aliphatic carbocycles. The van der Waals surface area contributed by atoms with Crippen LogP contribution in [0.5, 0.6) is 0 Å². The van der Waals surface area contributed by atoms with Crippen LogP contribution in [0.4, 0.5) is 0 Å². The van der Waals surface area contributed by atoms with Gasteiger partial charge in [-0.3, -0.25) is 5.10 Å². The van der Waals surface area contributed by atoms with E-state index in [1.165, 1.54) is 0 Å². The Morgan fingerprint density at radius 1 is 1.19 bits per heavy atom. The summed E-state index contributed by atoms with van der Waals surface area (Å²) >= 11 is 6.76. The minimum Gasteiger partial charge on any atom is -0.258 e. The van der Waals surface area contributed by atoms with E-state index < -0.39 is 0 Å². The van der Waals surface area contributed by atoms with Gasteiger partial charge in [-0.15, -0.1) is 22.7 Å². The first-order valence-electron chi connectivity index (χ1n) is 4.54. The summed E-state index contributed by atoms with van der Waals surface area (Å²) in [5.74, 6) is 1.57. The lowest BCUT2D eigenvalue weighted by Gasteiger charge is -1.89. The molecule has 0 spiro atoms. The fourth-order valence-electron chi connectivity index (χ4n) is 1.34. The molecule has 80 valence electrons. The fourth-order valence-corrected chi connectivity index (χ4v) is 3.50. The summed E-state index contributed by atoms with van der Waals surface area (Å²) in [6.07, 6.45) is 0. The zero-order valence-corrected chi connectivity index (χ0v) is 11.2. The van der Waals surface area contributed by atoms with Crippen LogP contribution in [0, 0.1) is 0 Å². The Hall–Kier alpha value is -0.980. The van der Waals surface area contributed by atoms with E-state index in [1.54, 1.807) is 22.7 Å².